The Kier molecular flexibility index (Phi) is 4.74. The zero-order valence-corrected chi connectivity index (χ0v) is 14.5. The first-order chi connectivity index (χ1) is 11.6. The van der Waals surface area contributed by atoms with Gasteiger partial charge in [-0.3, -0.25) is 0 Å². The molecule has 0 radical (unpaired) electrons. The van der Waals surface area contributed by atoms with Crippen LogP contribution in [0.2, 0.25) is 0 Å². The summed E-state index contributed by atoms with van der Waals surface area (Å²) in [7, 11) is 1.66. The van der Waals surface area contributed by atoms with E-state index in [1.807, 2.05) is 36.9 Å². The molecule has 4 nitrogen and oxygen atoms in total. The normalized spacial score (nSPS) is 14.7. The van der Waals surface area contributed by atoms with Gasteiger partial charge in [0.2, 0.25) is 0 Å². The first-order valence-electron chi connectivity index (χ1n) is 8.35. The fourth-order valence-electron chi connectivity index (χ4n) is 3.22. The van der Waals surface area contributed by atoms with E-state index in [2.05, 4.69) is 29.6 Å². The van der Waals surface area contributed by atoms with Crippen LogP contribution < -0.4 is 10.1 Å². The lowest BCUT2D eigenvalue weighted by Crippen LogP contribution is -2.43. The quantitative estimate of drug-likeness (QED) is 0.932. The molecular formula is C20H24N2O2. The van der Waals surface area contributed by atoms with Crippen molar-refractivity contribution >= 4 is 6.03 Å². The van der Waals surface area contributed by atoms with Crippen molar-refractivity contribution < 1.29 is 9.53 Å². The predicted molar refractivity (Wildman–Crippen MR) is 95.2 cm³/mol. The summed E-state index contributed by atoms with van der Waals surface area (Å²) < 4.78 is 5.43. The largest absolute Gasteiger partial charge is 0.496 e. The minimum atomic E-state index is -0.107. The van der Waals surface area contributed by atoms with Gasteiger partial charge < -0.3 is 15.0 Å². The summed E-state index contributed by atoms with van der Waals surface area (Å²) in [5.41, 5.74) is 4.73. The number of carbonyl (C=O) groups excluding carboxylic acids is 1. The molecule has 0 fully saturated rings. The van der Waals surface area contributed by atoms with E-state index in [1.54, 1.807) is 7.11 Å². The van der Waals surface area contributed by atoms with Crippen LogP contribution in [0, 0.1) is 6.92 Å². The van der Waals surface area contributed by atoms with E-state index in [4.69, 9.17) is 4.74 Å². The summed E-state index contributed by atoms with van der Waals surface area (Å²) in [5, 5.41) is 3.11. The molecular weight excluding hydrogens is 300 g/mol. The van der Waals surface area contributed by atoms with Crippen molar-refractivity contribution in [1.82, 2.24) is 10.2 Å². The van der Waals surface area contributed by atoms with Crippen molar-refractivity contribution in [3.8, 4) is 5.75 Å². The average Bonchev–Trinajstić information content (AvgIpc) is 2.61. The van der Waals surface area contributed by atoms with E-state index in [9.17, 15) is 4.79 Å². The topological polar surface area (TPSA) is 41.6 Å². The minimum absolute atomic E-state index is 0.0273. The Labute approximate surface area is 143 Å². The van der Waals surface area contributed by atoms with E-state index in [0.29, 0.717) is 6.54 Å². The second kappa shape index (κ2) is 6.95. The van der Waals surface area contributed by atoms with Gasteiger partial charge in [0.25, 0.3) is 0 Å². The van der Waals surface area contributed by atoms with Gasteiger partial charge in [-0.05, 0) is 37.5 Å². The van der Waals surface area contributed by atoms with E-state index < -0.39 is 0 Å². The predicted octanol–water partition coefficient (Wildman–Crippen LogP) is 3.83. The second-order valence-electron chi connectivity index (χ2n) is 6.36. The molecule has 2 aromatic rings. The maximum absolute atomic E-state index is 12.7. The number of nitrogens with zero attached hydrogens (tertiary/aromatic N) is 1. The van der Waals surface area contributed by atoms with Crippen molar-refractivity contribution in [3.63, 3.8) is 0 Å². The number of aryl methyl sites for hydroxylation is 1. The molecule has 1 atom stereocenters. The van der Waals surface area contributed by atoms with Gasteiger partial charge >= 0.3 is 6.03 Å². The number of amides is 2. The molecule has 0 spiro atoms. The summed E-state index contributed by atoms with van der Waals surface area (Å²) in [5.74, 6) is 0.803. The molecule has 0 saturated heterocycles. The number of carbonyl (C=O) groups is 1. The van der Waals surface area contributed by atoms with Crippen LogP contribution >= 0.6 is 0 Å². The Bertz CT molecular complexity index is 742. The van der Waals surface area contributed by atoms with Crippen molar-refractivity contribution in [2.75, 3.05) is 13.7 Å². The third-order valence-electron chi connectivity index (χ3n) is 4.61. The van der Waals surface area contributed by atoms with Gasteiger partial charge in [-0.2, -0.15) is 0 Å². The van der Waals surface area contributed by atoms with E-state index >= 15 is 0 Å². The van der Waals surface area contributed by atoms with E-state index in [-0.39, 0.29) is 12.1 Å². The van der Waals surface area contributed by atoms with Gasteiger partial charge in [-0.1, -0.05) is 42.0 Å². The number of fused-ring (bicyclic) bond motifs is 1. The first kappa shape index (κ1) is 16.4. The molecule has 1 heterocycles. The fraction of sp³-hybridized carbons (Fsp3) is 0.350. The van der Waals surface area contributed by atoms with Crippen molar-refractivity contribution in [2.24, 2.45) is 0 Å². The van der Waals surface area contributed by atoms with Gasteiger partial charge in [0.15, 0.2) is 0 Å². The molecule has 2 aromatic carbocycles. The van der Waals surface area contributed by atoms with Crippen LogP contribution in [0.4, 0.5) is 4.79 Å². The number of hydrogen-bond donors (Lipinski definition) is 1. The number of hydrogen-bond acceptors (Lipinski definition) is 2. The van der Waals surface area contributed by atoms with E-state index in [1.165, 1.54) is 11.1 Å². The Morgan fingerprint density at radius 3 is 2.71 bits per heavy atom. The average molecular weight is 324 g/mol. The number of rotatable bonds is 3. The third-order valence-corrected chi connectivity index (χ3v) is 4.61. The van der Waals surface area contributed by atoms with Gasteiger partial charge in [0.05, 0.1) is 13.2 Å². The zero-order chi connectivity index (χ0) is 17.1. The fourth-order valence-corrected chi connectivity index (χ4v) is 3.22. The molecule has 3 rings (SSSR count). The molecule has 0 aromatic heterocycles. The van der Waals surface area contributed by atoms with Crippen LogP contribution in [0.15, 0.2) is 42.5 Å². The summed E-state index contributed by atoms with van der Waals surface area (Å²) >= 11 is 0. The summed E-state index contributed by atoms with van der Waals surface area (Å²) in [6, 6.07) is 14.2. The summed E-state index contributed by atoms with van der Waals surface area (Å²) in [6.45, 7) is 5.45. The molecule has 0 saturated carbocycles. The Morgan fingerprint density at radius 2 is 1.96 bits per heavy atom. The summed E-state index contributed by atoms with van der Waals surface area (Å²) in [4.78, 5) is 14.5. The monoisotopic (exact) mass is 324 g/mol. The maximum Gasteiger partial charge on any atom is 0.318 e. The van der Waals surface area contributed by atoms with Crippen LogP contribution in [0.5, 0.6) is 5.75 Å². The highest BCUT2D eigenvalue weighted by atomic mass is 16.5. The molecule has 1 aliphatic rings. The Balaban J connectivity index is 1.70. The lowest BCUT2D eigenvalue weighted by molar-refractivity contribution is 0.189. The standard InChI is InChI=1S/C20H24N2O2/c1-14-8-9-19(24-3)18(12-14)15(2)21-20(23)22-11-10-16-6-4-5-7-17(16)13-22/h4-9,12,15H,10-11,13H2,1-3H3,(H,21,23). The zero-order valence-electron chi connectivity index (χ0n) is 14.5. The number of nitrogens with one attached hydrogen (secondary N) is 1. The molecule has 126 valence electrons. The van der Waals surface area contributed by atoms with Crippen molar-refractivity contribution in [3.05, 3.63) is 64.7 Å². The molecule has 1 aliphatic heterocycles. The number of urea groups is 1. The van der Waals surface area contributed by atoms with Crippen LogP contribution in [0.3, 0.4) is 0 Å². The Hall–Kier alpha value is -2.49. The number of methoxy groups -OCH3 is 1. The molecule has 4 heteroatoms. The molecule has 1 N–H and O–H groups in total. The lowest BCUT2D eigenvalue weighted by Gasteiger charge is -2.30. The van der Waals surface area contributed by atoms with Gasteiger partial charge in [0.1, 0.15) is 5.75 Å². The maximum atomic E-state index is 12.7. The first-order valence-corrected chi connectivity index (χ1v) is 8.35. The highest BCUT2D eigenvalue weighted by Gasteiger charge is 2.22. The van der Waals surface area contributed by atoms with Gasteiger partial charge in [-0.25, -0.2) is 4.79 Å². The number of benzene rings is 2. The lowest BCUT2D eigenvalue weighted by atomic mass is 10.00. The molecule has 0 bridgehead atoms. The minimum Gasteiger partial charge on any atom is -0.496 e. The van der Waals surface area contributed by atoms with Gasteiger partial charge in [0, 0.05) is 18.7 Å². The SMILES string of the molecule is COc1ccc(C)cc1C(C)NC(=O)N1CCc2ccccc2C1. The molecule has 1 unspecified atom stereocenters. The Morgan fingerprint density at radius 1 is 1.21 bits per heavy atom. The number of ether oxygens (including phenoxy) is 1. The highest BCUT2D eigenvalue weighted by molar-refractivity contribution is 5.75. The smallest absolute Gasteiger partial charge is 0.318 e. The van der Waals surface area contributed by atoms with Crippen LogP contribution in [-0.2, 0) is 13.0 Å². The highest BCUT2D eigenvalue weighted by Crippen LogP contribution is 2.26. The second-order valence-corrected chi connectivity index (χ2v) is 6.36. The molecule has 0 aliphatic carbocycles. The van der Waals surface area contributed by atoms with Crippen LogP contribution in [-0.4, -0.2) is 24.6 Å². The third kappa shape index (κ3) is 3.37. The summed E-state index contributed by atoms with van der Waals surface area (Å²) in [6.07, 6.45) is 0.908. The van der Waals surface area contributed by atoms with Crippen molar-refractivity contribution in [1.29, 1.82) is 0 Å². The van der Waals surface area contributed by atoms with Crippen LogP contribution in [0.25, 0.3) is 0 Å². The molecule has 24 heavy (non-hydrogen) atoms. The molecule has 2 amide bonds. The van der Waals surface area contributed by atoms with E-state index in [0.717, 1.165) is 29.8 Å². The van der Waals surface area contributed by atoms with Gasteiger partial charge in [-0.15, -0.1) is 0 Å². The van der Waals surface area contributed by atoms with Crippen molar-refractivity contribution in [2.45, 2.75) is 32.9 Å². The van der Waals surface area contributed by atoms with Crippen LogP contribution in [0.1, 0.15) is 35.2 Å².